The highest BCUT2D eigenvalue weighted by Gasteiger charge is 2.24. The van der Waals surface area contributed by atoms with Crippen LogP contribution in [0.1, 0.15) is 30.4 Å². The molecule has 31 heavy (non-hydrogen) atoms. The highest BCUT2D eigenvalue weighted by molar-refractivity contribution is 7.92. The van der Waals surface area contributed by atoms with E-state index in [1.54, 1.807) is 12.1 Å². The molecule has 3 rings (SSSR count). The van der Waals surface area contributed by atoms with Crippen LogP contribution in [-0.2, 0) is 21.4 Å². The minimum Gasteiger partial charge on any atom is -0.495 e. The number of nitrogens with zero attached hydrogens (tertiary/aromatic N) is 2. The zero-order chi connectivity index (χ0) is 22.4. The van der Waals surface area contributed by atoms with Crippen molar-refractivity contribution in [3.05, 3.63) is 53.6 Å². The fourth-order valence-electron chi connectivity index (χ4n) is 3.74. The number of carbonyl (C=O) groups is 1. The molecule has 0 unspecified atom stereocenters. The van der Waals surface area contributed by atoms with E-state index in [4.69, 9.17) is 4.74 Å². The number of carbonyl (C=O) groups excluding carboxylic acids is 1. The standard InChI is InChI=1S/C23H31N3O4S/c1-18-7-12-22(30-2)21(15-18)26(31(3,28)29)17-23(27)24-16-19-8-10-20(11-9-19)25-13-5-4-6-14-25/h7-12,15H,4-6,13-14,16-17H2,1-3H3,(H,24,27). The van der Waals surface area contributed by atoms with Crippen molar-refractivity contribution >= 4 is 27.3 Å². The van der Waals surface area contributed by atoms with E-state index >= 15 is 0 Å². The summed E-state index contributed by atoms with van der Waals surface area (Å²) in [6.45, 7) is 4.04. The van der Waals surface area contributed by atoms with Crippen LogP contribution in [0.2, 0.25) is 0 Å². The largest absolute Gasteiger partial charge is 0.495 e. The molecule has 1 N–H and O–H groups in total. The molecule has 1 heterocycles. The lowest BCUT2D eigenvalue weighted by molar-refractivity contribution is -0.119. The number of aryl methyl sites for hydroxylation is 1. The average Bonchev–Trinajstić information content (AvgIpc) is 2.76. The van der Waals surface area contributed by atoms with Gasteiger partial charge in [-0.15, -0.1) is 0 Å². The maximum absolute atomic E-state index is 12.6. The molecule has 1 aliphatic heterocycles. The molecule has 0 radical (unpaired) electrons. The number of benzene rings is 2. The molecule has 1 amide bonds. The van der Waals surface area contributed by atoms with E-state index in [2.05, 4.69) is 22.3 Å². The second-order valence-electron chi connectivity index (χ2n) is 7.94. The van der Waals surface area contributed by atoms with Gasteiger partial charge in [-0.05, 0) is 61.6 Å². The van der Waals surface area contributed by atoms with Gasteiger partial charge in [0, 0.05) is 25.3 Å². The molecule has 7 nitrogen and oxygen atoms in total. The summed E-state index contributed by atoms with van der Waals surface area (Å²) in [6, 6.07) is 13.4. The zero-order valence-corrected chi connectivity index (χ0v) is 19.2. The number of methoxy groups -OCH3 is 1. The third-order valence-electron chi connectivity index (χ3n) is 5.44. The number of rotatable bonds is 8. The molecule has 168 valence electrons. The van der Waals surface area contributed by atoms with Crippen molar-refractivity contribution in [1.82, 2.24) is 5.32 Å². The van der Waals surface area contributed by atoms with E-state index in [-0.39, 0.29) is 12.5 Å². The van der Waals surface area contributed by atoms with Gasteiger partial charge in [-0.3, -0.25) is 9.10 Å². The summed E-state index contributed by atoms with van der Waals surface area (Å²) in [6.07, 6.45) is 4.82. The summed E-state index contributed by atoms with van der Waals surface area (Å²) < 4.78 is 31.2. The third kappa shape index (κ3) is 6.13. The molecule has 0 atom stereocenters. The maximum Gasteiger partial charge on any atom is 0.241 e. The lowest BCUT2D eigenvalue weighted by atomic mass is 10.1. The highest BCUT2D eigenvalue weighted by atomic mass is 32.2. The van der Waals surface area contributed by atoms with Gasteiger partial charge in [-0.1, -0.05) is 18.2 Å². The van der Waals surface area contributed by atoms with Crippen LogP contribution in [0.4, 0.5) is 11.4 Å². The molecule has 0 aliphatic carbocycles. The monoisotopic (exact) mass is 445 g/mol. The smallest absolute Gasteiger partial charge is 0.241 e. The Morgan fingerprint density at radius 1 is 1.10 bits per heavy atom. The summed E-state index contributed by atoms with van der Waals surface area (Å²) in [4.78, 5) is 15.0. The second-order valence-corrected chi connectivity index (χ2v) is 9.84. The Balaban J connectivity index is 1.65. The number of ether oxygens (including phenoxy) is 1. The first-order valence-electron chi connectivity index (χ1n) is 10.5. The van der Waals surface area contributed by atoms with Crippen molar-refractivity contribution in [3.8, 4) is 5.75 Å². The van der Waals surface area contributed by atoms with Crippen molar-refractivity contribution in [1.29, 1.82) is 0 Å². The molecule has 1 aliphatic rings. The third-order valence-corrected chi connectivity index (χ3v) is 6.56. The number of anilines is 2. The molecule has 1 saturated heterocycles. The van der Waals surface area contributed by atoms with Gasteiger partial charge in [0.05, 0.1) is 19.1 Å². The van der Waals surface area contributed by atoms with Crippen LogP contribution in [0.5, 0.6) is 5.75 Å². The molecule has 0 spiro atoms. The van der Waals surface area contributed by atoms with Crippen molar-refractivity contribution in [2.24, 2.45) is 0 Å². The quantitative estimate of drug-likeness (QED) is 0.676. The first-order valence-corrected chi connectivity index (χ1v) is 12.4. The van der Waals surface area contributed by atoms with Crippen LogP contribution in [-0.4, -0.2) is 47.3 Å². The average molecular weight is 446 g/mol. The van der Waals surface area contributed by atoms with Crippen molar-refractivity contribution < 1.29 is 17.9 Å². The van der Waals surface area contributed by atoms with E-state index < -0.39 is 10.0 Å². The van der Waals surface area contributed by atoms with E-state index in [0.29, 0.717) is 18.0 Å². The SMILES string of the molecule is COc1ccc(C)cc1N(CC(=O)NCc1ccc(N2CCCCC2)cc1)S(C)(=O)=O. The second kappa shape index (κ2) is 10.0. The van der Waals surface area contributed by atoms with Crippen LogP contribution < -0.4 is 19.3 Å². The highest BCUT2D eigenvalue weighted by Crippen LogP contribution is 2.30. The first-order chi connectivity index (χ1) is 14.8. The van der Waals surface area contributed by atoms with E-state index in [9.17, 15) is 13.2 Å². The molecular weight excluding hydrogens is 414 g/mol. The molecule has 2 aromatic carbocycles. The summed E-state index contributed by atoms with van der Waals surface area (Å²) in [7, 11) is -2.20. The van der Waals surface area contributed by atoms with Gasteiger partial charge >= 0.3 is 0 Å². The van der Waals surface area contributed by atoms with Crippen molar-refractivity contribution in [3.63, 3.8) is 0 Å². The van der Waals surface area contributed by atoms with Gasteiger partial charge in [0.1, 0.15) is 12.3 Å². The summed E-state index contributed by atoms with van der Waals surface area (Å²) in [5.74, 6) is 0.0196. The Kier molecular flexibility index (Phi) is 7.43. The molecule has 0 aromatic heterocycles. The van der Waals surface area contributed by atoms with Gasteiger partial charge in [-0.2, -0.15) is 0 Å². The minimum atomic E-state index is -3.68. The topological polar surface area (TPSA) is 79.0 Å². The number of hydrogen-bond donors (Lipinski definition) is 1. The Hall–Kier alpha value is -2.74. The number of sulfonamides is 1. The predicted octanol–water partition coefficient (Wildman–Crippen LogP) is 3.08. The molecule has 0 saturated carbocycles. The number of piperidine rings is 1. The zero-order valence-electron chi connectivity index (χ0n) is 18.4. The van der Waals surface area contributed by atoms with Crippen LogP contribution in [0.3, 0.4) is 0 Å². The lowest BCUT2D eigenvalue weighted by Crippen LogP contribution is -2.40. The Morgan fingerprint density at radius 2 is 1.77 bits per heavy atom. The van der Waals surface area contributed by atoms with Crippen LogP contribution >= 0.6 is 0 Å². The van der Waals surface area contributed by atoms with Gasteiger partial charge in [0.15, 0.2) is 0 Å². The predicted molar refractivity (Wildman–Crippen MR) is 124 cm³/mol. The van der Waals surface area contributed by atoms with E-state index in [0.717, 1.165) is 34.8 Å². The Labute approximate surface area is 185 Å². The fourth-order valence-corrected chi connectivity index (χ4v) is 4.59. The molecule has 0 bridgehead atoms. The summed E-state index contributed by atoms with van der Waals surface area (Å²) in [5.41, 5.74) is 3.39. The normalized spacial score (nSPS) is 14.2. The number of hydrogen-bond acceptors (Lipinski definition) is 5. The van der Waals surface area contributed by atoms with E-state index in [1.165, 1.54) is 32.1 Å². The lowest BCUT2D eigenvalue weighted by Gasteiger charge is -2.28. The van der Waals surface area contributed by atoms with Gasteiger partial charge < -0.3 is 15.0 Å². The fraction of sp³-hybridized carbons (Fsp3) is 0.435. The van der Waals surface area contributed by atoms with Crippen LogP contribution in [0.25, 0.3) is 0 Å². The van der Waals surface area contributed by atoms with Crippen molar-refractivity contribution in [2.75, 3.05) is 42.2 Å². The van der Waals surface area contributed by atoms with Crippen molar-refractivity contribution in [2.45, 2.75) is 32.7 Å². The van der Waals surface area contributed by atoms with Gasteiger partial charge in [0.25, 0.3) is 0 Å². The van der Waals surface area contributed by atoms with E-state index in [1.807, 2.05) is 25.1 Å². The van der Waals surface area contributed by atoms with Gasteiger partial charge in [-0.25, -0.2) is 8.42 Å². The minimum absolute atomic E-state index is 0.315. The van der Waals surface area contributed by atoms with Crippen LogP contribution in [0.15, 0.2) is 42.5 Å². The molecule has 1 fully saturated rings. The number of amides is 1. The molecule has 2 aromatic rings. The Morgan fingerprint density at radius 3 is 2.39 bits per heavy atom. The molecule has 8 heteroatoms. The first kappa shape index (κ1) is 22.9. The summed E-state index contributed by atoms with van der Waals surface area (Å²) in [5, 5.41) is 2.82. The number of nitrogens with one attached hydrogen (secondary N) is 1. The Bertz CT molecular complexity index is 1000. The maximum atomic E-state index is 12.6. The van der Waals surface area contributed by atoms with Crippen LogP contribution in [0, 0.1) is 6.92 Å². The molecular formula is C23H31N3O4S. The van der Waals surface area contributed by atoms with Gasteiger partial charge in [0.2, 0.25) is 15.9 Å². The summed E-state index contributed by atoms with van der Waals surface area (Å²) >= 11 is 0.